The van der Waals surface area contributed by atoms with Crippen LogP contribution in [0.4, 0.5) is 0 Å². The SMILES string of the molecule is CCOc1cc(C=C(C#N)c2ccccc2Cl)cc(Cl)c1OCc1ccccc1. The van der Waals surface area contributed by atoms with Gasteiger partial charge in [0, 0.05) is 10.6 Å². The lowest BCUT2D eigenvalue weighted by molar-refractivity contribution is 0.269. The molecule has 0 bridgehead atoms. The molecule has 0 radical (unpaired) electrons. The number of halogens is 2. The number of allylic oxidation sites excluding steroid dienone is 1. The van der Waals surface area contributed by atoms with E-state index < -0.39 is 0 Å². The fourth-order valence-corrected chi connectivity index (χ4v) is 3.33. The molecule has 0 amide bonds. The Labute approximate surface area is 180 Å². The lowest BCUT2D eigenvalue weighted by Gasteiger charge is -2.15. The molecule has 0 saturated carbocycles. The molecule has 29 heavy (non-hydrogen) atoms. The molecule has 0 aliphatic rings. The number of hydrogen-bond acceptors (Lipinski definition) is 3. The van der Waals surface area contributed by atoms with Gasteiger partial charge in [-0.25, -0.2) is 0 Å². The van der Waals surface area contributed by atoms with E-state index in [2.05, 4.69) is 6.07 Å². The third-order valence-corrected chi connectivity index (χ3v) is 4.76. The zero-order chi connectivity index (χ0) is 20.6. The monoisotopic (exact) mass is 423 g/mol. The summed E-state index contributed by atoms with van der Waals surface area (Å²) in [5.74, 6) is 1.00. The van der Waals surface area contributed by atoms with Gasteiger partial charge in [0.15, 0.2) is 11.5 Å². The molecule has 3 aromatic rings. The third kappa shape index (κ3) is 5.32. The van der Waals surface area contributed by atoms with Crippen molar-refractivity contribution in [2.75, 3.05) is 6.61 Å². The lowest BCUT2D eigenvalue weighted by atomic mass is 10.0. The van der Waals surface area contributed by atoms with Crippen LogP contribution in [0.5, 0.6) is 11.5 Å². The highest BCUT2D eigenvalue weighted by molar-refractivity contribution is 6.33. The second-order valence-corrected chi connectivity index (χ2v) is 7.00. The number of nitriles is 1. The molecule has 0 aliphatic carbocycles. The van der Waals surface area contributed by atoms with Gasteiger partial charge in [0.2, 0.25) is 0 Å². The van der Waals surface area contributed by atoms with E-state index in [1.165, 1.54) is 0 Å². The van der Waals surface area contributed by atoms with Gasteiger partial charge in [0.05, 0.1) is 23.3 Å². The fraction of sp³-hybridized carbons (Fsp3) is 0.125. The van der Waals surface area contributed by atoms with Crippen LogP contribution in [0.25, 0.3) is 11.6 Å². The predicted octanol–water partition coefficient (Wildman–Crippen LogP) is 7.04. The molecule has 0 atom stereocenters. The molecule has 0 saturated heterocycles. The molecule has 3 rings (SSSR count). The minimum Gasteiger partial charge on any atom is -0.490 e. The highest BCUT2D eigenvalue weighted by Crippen LogP contribution is 2.38. The van der Waals surface area contributed by atoms with E-state index in [1.54, 1.807) is 24.3 Å². The maximum absolute atomic E-state index is 9.61. The Hall–Kier alpha value is -2.93. The van der Waals surface area contributed by atoms with Gasteiger partial charge in [-0.1, -0.05) is 71.7 Å². The average Bonchev–Trinajstić information content (AvgIpc) is 2.73. The zero-order valence-corrected chi connectivity index (χ0v) is 17.4. The quantitative estimate of drug-likeness (QED) is 0.302. The summed E-state index contributed by atoms with van der Waals surface area (Å²) in [4.78, 5) is 0. The first-order valence-corrected chi connectivity index (χ1v) is 9.87. The maximum Gasteiger partial charge on any atom is 0.180 e. The Kier molecular flexibility index (Phi) is 7.19. The Bertz CT molecular complexity index is 1060. The van der Waals surface area contributed by atoms with Crippen molar-refractivity contribution in [1.29, 1.82) is 5.26 Å². The maximum atomic E-state index is 9.61. The molecule has 0 heterocycles. The van der Waals surface area contributed by atoms with Crippen LogP contribution in [-0.2, 0) is 6.61 Å². The second-order valence-electron chi connectivity index (χ2n) is 6.19. The van der Waals surface area contributed by atoms with Crippen molar-refractivity contribution in [3.05, 3.63) is 93.5 Å². The normalized spacial score (nSPS) is 11.0. The van der Waals surface area contributed by atoms with E-state index in [9.17, 15) is 5.26 Å². The first kappa shape index (κ1) is 20.8. The second kappa shape index (κ2) is 10.0. The number of ether oxygens (including phenoxy) is 2. The van der Waals surface area contributed by atoms with Crippen molar-refractivity contribution in [2.24, 2.45) is 0 Å². The molecular formula is C24H19Cl2NO2. The van der Waals surface area contributed by atoms with E-state index >= 15 is 0 Å². The molecule has 3 nitrogen and oxygen atoms in total. The number of benzene rings is 3. The molecule has 0 unspecified atom stereocenters. The largest absolute Gasteiger partial charge is 0.490 e. The zero-order valence-electron chi connectivity index (χ0n) is 15.9. The molecule has 146 valence electrons. The molecule has 0 N–H and O–H groups in total. The Morgan fingerprint density at radius 1 is 0.966 bits per heavy atom. The van der Waals surface area contributed by atoms with Crippen molar-refractivity contribution >= 4 is 34.9 Å². The number of rotatable bonds is 7. The molecule has 5 heteroatoms. The average molecular weight is 424 g/mol. The van der Waals surface area contributed by atoms with Crippen molar-refractivity contribution in [1.82, 2.24) is 0 Å². The van der Waals surface area contributed by atoms with E-state index in [-0.39, 0.29) is 0 Å². The van der Waals surface area contributed by atoms with Crippen LogP contribution in [0.3, 0.4) is 0 Å². The predicted molar refractivity (Wildman–Crippen MR) is 118 cm³/mol. The van der Waals surface area contributed by atoms with Gasteiger partial charge in [-0.3, -0.25) is 0 Å². The van der Waals surface area contributed by atoms with Crippen molar-refractivity contribution in [2.45, 2.75) is 13.5 Å². The fourth-order valence-electron chi connectivity index (χ4n) is 2.82. The van der Waals surface area contributed by atoms with Gasteiger partial charge in [-0.2, -0.15) is 5.26 Å². The van der Waals surface area contributed by atoms with Gasteiger partial charge in [0.25, 0.3) is 0 Å². The van der Waals surface area contributed by atoms with Crippen LogP contribution in [0.2, 0.25) is 10.0 Å². The number of nitrogens with zero attached hydrogens (tertiary/aromatic N) is 1. The van der Waals surface area contributed by atoms with Crippen LogP contribution in [-0.4, -0.2) is 6.61 Å². The van der Waals surface area contributed by atoms with Crippen LogP contribution < -0.4 is 9.47 Å². The van der Waals surface area contributed by atoms with E-state index in [0.717, 1.165) is 11.1 Å². The van der Waals surface area contributed by atoms with Crippen molar-refractivity contribution < 1.29 is 9.47 Å². The van der Waals surface area contributed by atoms with Crippen LogP contribution >= 0.6 is 23.2 Å². The summed E-state index contributed by atoms with van der Waals surface area (Å²) in [6.45, 7) is 2.72. The summed E-state index contributed by atoms with van der Waals surface area (Å²) in [6, 6.07) is 22.8. The van der Waals surface area contributed by atoms with Gasteiger partial charge >= 0.3 is 0 Å². The Morgan fingerprint density at radius 2 is 1.69 bits per heavy atom. The van der Waals surface area contributed by atoms with E-state index in [4.69, 9.17) is 32.7 Å². The van der Waals surface area contributed by atoms with Gasteiger partial charge in [0.1, 0.15) is 6.61 Å². The van der Waals surface area contributed by atoms with Gasteiger partial charge in [-0.05, 0) is 42.3 Å². The molecule has 0 spiro atoms. The summed E-state index contributed by atoms with van der Waals surface area (Å²) in [7, 11) is 0. The highest BCUT2D eigenvalue weighted by atomic mass is 35.5. The molecule has 0 aliphatic heterocycles. The third-order valence-electron chi connectivity index (χ3n) is 4.15. The van der Waals surface area contributed by atoms with Gasteiger partial charge < -0.3 is 9.47 Å². The first-order chi connectivity index (χ1) is 14.1. The van der Waals surface area contributed by atoms with E-state index in [1.807, 2.05) is 55.5 Å². The van der Waals surface area contributed by atoms with Gasteiger partial charge in [-0.15, -0.1) is 0 Å². The van der Waals surface area contributed by atoms with Crippen LogP contribution in [0, 0.1) is 11.3 Å². The summed E-state index contributed by atoms with van der Waals surface area (Å²) < 4.78 is 11.7. The topological polar surface area (TPSA) is 42.2 Å². The van der Waals surface area contributed by atoms with Crippen molar-refractivity contribution in [3.8, 4) is 17.6 Å². The lowest BCUT2D eigenvalue weighted by Crippen LogP contribution is -2.01. The summed E-state index contributed by atoms with van der Waals surface area (Å²) >= 11 is 12.7. The smallest absolute Gasteiger partial charge is 0.180 e. The Morgan fingerprint density at radius 3 is 2.38 bits per heavy atom. The van der Waals surface area contributed by atoms with E-state index in [0.29, 0.717) is 45.9 Å². The number of hydrogen-bond donors (Lipinski definition) is 0. The Balaban J connectivity index is 1.95. The molecule has 0 fully saturated rings. The molecule has 0 aromatic heterocycles. The summed E-state index contributed by atoms with van der Waals surface area (Å²) in [5.41, 5.74) is 2.85. The highest BCUT2D eigenvalue weighted by Gasteiger charge is 2.14. The van der Waals surface area contributed by atoms with Crippen LogP contribution in [0.1, 0.15) is 23.6 Å². The first-order valence-electron chi connectivity index (χ1n) is 9.12. The minimum atomic E-state index is 0.374. The summed E-state index contributed by atoms with van der Waals surface area (Å²) in [5, 5.41) is 10.5. The standard InChI is InChI=1S/C24H19Cl2NO2/c1-2-28-23-14-18(12-19(15-27)20-10-6-7-11-21(20)25)13-22(26)24(23)29-16-17-8-4-3-5-9-17/h3-14H,2,16H2,1H3. The van der Waals surface area contributed by atoms with Crippen LogP contribution in [0.15, 0.2) is 66.7 Å². The summed E-state index contributed by atoms with van der Waals surface area (Å²) in [6.07, 6.45) is 1.73. The minimum absolute atomic E-state index is 0.374. The molecular weight excluding hydrogens is 405 g/mol. The molecule has 3 aromatic carbocycles. The van der Waals surface area contributed by atoms with Crippen molar-refractivity contribution in [3.63, 3.8) is 0 Å².